The van der Waals surface area contributed by atoms with Crippen LogP contribution in [0.15, 0.2) is 60.2 Å². The zero-order chi connectivity index (χ0) is 19.4. The van der Waals surface area contributed by atoms with Crippen LogP contribution in [-0.2, 0) is 9.53 Å². The van der Waals surface area contributed by atoms with Crippen LogP contribution in [0.4, 0.5) is 4.79 Å². The summed E-state index contributed by atoms with van der Waals surface area (Å²) in [5.74, 6) is 0.155. The van der Waals surface area contributed by atoms with Crippen molar-refractivity contribution in [1.29, 1.82) is 0 Å². The van der Waals surface area contributed by atoms with Gasteiger partial charge >= 0.3 is 12.0 Å². The summed E-state index contributed by atoms with van der Waals surface area (Å²) >= 11 is 0. The zero-order valence-electron chi connectivity index (χ0n) is 15.5. The number of carbonyl (C=O) groups is 2. The Hall–Kier alpha value is -3.28. The smallest absolute Gasteiger partial charge is 0.338 e. The first-order valence-corrected chi connectivity index (χ1v) is 8.71. The second kappa shape index (κ2) is 7.95. The lowest BCUT2D eigenvalue weighted by Crippen LogP contribution is -2.45. The molecular formula is C21H22N2O4. The molecule has 27 heavy (non-hydrogen) atoms. The van der Waals surface area contributed by atoms with Crippen LogP contribution in [0.2, 0.25) is 0 Å². The molecule has 0 saturated heterocycles. The molecule has 2 N–H and O–H groups in total. The molecule has 0 bridgehead atoms. The highest BCUT2D eigenvalue weighted by atomic mass is 16.5. The second-order valence-corrected chi connectivity index (χ2v) is 6.42. The minimum atomic E-state index is -0.655. The van der Waals surface area contributed by atoms with Crippen LogP contribution in [-0.4, -0.2) is 25.2 Å². The minimum absolute atomic E-state index is 0.0124. The number of nitrogens with one attached hydrogen (secondary N) is 2. The molecule has 2 aromatic rings. The Balaban J connectivity index is 2.12. The Labute approximate surface area is 158 Å². The van der Waals surface area contributed by atoms with Gasteiger partial charge in [-0.1, -0.05) is 42.5 Å². The van der Waals surface area contributed by atoms with E-state index in [0.717, 1.165) is 11.1 Å². The molecule has 6 nitrogen and oxygen atoms in total. The molecule has 0 saturated carbocycles. The molecule has 1 unspecified atom stereocenters. The van der Waals surface area contributed by atoms with E-state index >= 15 is 0 Å². The quantitative estimate of drug-likeness (QED) is 0.795. The van der Waals surface area contributed by atoms with E-state index in [1.807, 2.05) is 68.4 Å². The highest BCUT2D eigenvalue weighted by Crippen LogP contribution is 2.33. The number of hydrogen-bond donors (Lipinski definition) is 2. The van der Waals surface area contributed by atoms with Crippen molar-refractivity contribution >= 4 is 17.7 Å². The van der Waals surface area contributed by atoms with Gasteiger partial charge in [-0.2, -0.15) is 0 Å². The number of methoxy groups -OCH3 is 1. The number of amides is 2. The topological polar surface area (TPSA) is 76.7 Å². The maximum absolute atomic E-state index is 12.6. The fourth-order valence-electron chi connectivity index (χ4n) is 3.02. The van der Waals surface area contributed by atoms with Gasteiger partial charge in [0.05, 0.1) is 30.5 Å². The largest absolute Gasteiger partial charge is 0.491 e. The molecule has 0 aliphatic carbocycles. The Morgan fingerprint density at radius 1 is 1.07 bits per heavy atom. The number of rotatable bonds is 5. The lowest BCUT2D eigenvalue weighted by Gasteiger charge is -2.29. The lowest BCUT2D eigenvalue weighted by atomic mass is 9.92. The van der Waals surface area contributed by atoms with E-state index in [1.54, 1.807) is 0 Å². The Bertz CT molecular complexity index is 875. The molecule has 3 rings (SSSR count). The average Bonchev–Trinajstić information content (AvgIpc) is 2.67. The normalized spacial score (nSPS) is 16.6. The number of benzene rings is 2. The van der Waals surface area contributed by atoms with Crippen LogP contribution < -0.4 is 15.4 Å². The van der Waals surface area contributed by atoms with Crippen LogP contribution in [0.3, 0.4) is 0 Å². The van der Waals surface area contributed by atoms with Gasteiger partial charge in [0.2, 0.25) is 0 Å². The Kier molecular flexibility index (Phi) is 5.45. The third kappa shape index (κ3) is 4.11. The van der Waals surface area contributed by atoms with Crippen molar-refractivity contribution in [3.8, 4) is 5.75 Å². The number of hydrogen-bond acceptors (Lipinski definition) is 4. The Morgan fingerprint density at radius 2 is 1.81 bits per heavy atom. The molecule has 2 aromatic carbocycles. The van der Waals surface area contributed by atoms with Crippen molar-refractivity contribution in [2.45, 2.75) is 26.0 Å². The van der Waals surface area contributed by atoms with Crippen molar-refractivity contribution < 1.29 is 19.1 Å². The molecule has 0 radical (unpaired) electrons. The van der Waals surface area contributed by atoms with E-state index in [-0.39, 0.29) is 12.1 Å². The predicted molar refractivity (Wildman–Crippen MR) is 102 cm³/mol. The van der Waals surface area contributed by atoms with E-state index in [4.69, 9.17) is 9.47 Å². The molecule has 0 fully saturated rings. The standard InChI is InChI=1S/C21H22N2O4/c1-13(2)27-16-11-7-10-15(12-16)19-17(20(24)26-3)18(22-21(25)23-19)14-8-5-4-6-9-14/h4-13,19H,1-3H3,(H2,22,23,25). The first-order valence-electron chi connectivity index (χ1n) is 8.71. The van der Waals surface area contributed by atoms with Crippen molar-refractivity contribution in [1.82, 2.24) is 10.6 Å². The molecule has 1 aliphatic rings. The van der Waals surface area contributed by atoms with E-state index in [0.29, 0.717) is 17.0 Å². The lowest BCUT2D eigenvalue weighted by molar-refractivity contribution is -0.136. The van der Waals surface area contributed by atoms with Crippen LogP contribution in [0.25, 0.3) is 5.70 Å². The first kappa shape index (κ1) is 18.5. The van der Waals surface area contributed by atoms with Gasteiger partial charge in [0.25, 0.3) is 0 Å². The van der Waals surface area contributed by atoms with E-state index in [2.05, 4.69) is 10.6 Å². The fraction of sp³-hybridized carbons (Fsp3) is 0.238. The molecule has 1 atom stereocenters. The van der Waals surface area contributed by atoms with Crippen molar-refractivity contribution in [2.75, 3.05) is 7.11 Å². The molecule has 0 aromatic heterocycles. The summed E-state index contributed by atoms with van der Waals surface area (Å²) in [7, 11) is 1.32. The summed E-state index contributed by atoms with van der Waals surface area (Å²) in [6.45, 7) is 3.87. The molecular weight excluding hydrogens is 344 g/mol. The maximum Gasteiger partial charge on any atom is 0.338 e. The van der Waals surface area contributed by atoms with Gasteiger partial charge in [-0.15, -0.1) is 0 Å². The van der Waals surface area contributed by atoms with Gasteiger partial charge in [-0.05, 0) is 37.1 Å². The van der Waals surface area contributed by atoms with Gasteiger partial charge in [0.15, 0.2) is 0 Å². The van der Waals surface area contributed by atoms with Crippen LogP contribution >= 0.6 is 0 Å². The summed E-state index contributed by atoms with van der Waals surface area (Å²) in [6.07, 6.45) is 0.0124. The highest BCUT2D eigenvalue weighted by Gasteiger charge is 2.34. The number of esters is 1. The molecule has 0 spiro atoms. The van der Waals surface area contributed by atoms with Gasteiger partial charge in [-0.3, -0.25) is 0 Å². The average molecular weight is 366 g/mol. The molecule has 2 amide bonds. The van der Waals surface area contributed by atoms with Crippen LogP contribution in [0, 0.1) is 0 Å². The van der Waals surface area contributed by atoms with E-state index < -0.39 is 12.0 Å². The van der Waals surface area contributed by atoms with Gasteiger partial charge in [-0.25, -0.2) is 9.59 Å². The van der Waals surface area contributed by atoms with Crippen LogP contribution in [0.5, 0.6) is 5.75 Å². The van der Waals surface area contributed by atoms with Crippen molar-refractivity contribution in [3.63, 3.8) is 0 Å². The van der Waals surface area contributed by atoms with E-state index in [9.17, 15) is 9.59 Å². The molecule has 6 heteroatoms. The first-order chi connectivity index (χ1) is 13.0. The summed E-state index contributed by atoms with van der Waals surface area (Å²) in [5.41, 5.74) is 2.24. The highest BCUT2D eigenvalue weighted by molar-refractivity contribution is 6.04. The maximum atomic E-state index is 12.6. The SMILES string of the molecule is COC(=O)C1=C(c2ccccc2)NC(=O)NC1c1cccc(OC(C)C)c1. The van der Waals surface area contributed by atoms with Crippen molar-refractivity contribution in [3.05, 3.63) is 71.3 Å². The third-order valence-corrected chi connectivity index (χ3v) is 4.10. The van der Waals surface area contributed by atoms with Crippen molar-refractivity contribution in [2.24, 2.45) is 0 Å². The monoisotopic (exact) mass is 366 g/mol. The Morgan fingerprint density at radius 3 is 2.48 bits per heavy atom. The zero-order valence-corrected chi connectivity index (χ0v) is 15.5. The fourth-order valence-corrected chi connectivity index (χ4v) is 3.02. The third-order valence-electron chi connectivity index (χ3n) is 4.10. The minimum Gasteiger partial charge on any atom is -0.491 e. The van der Waals surface area contributed by atoms with Gasteiger partial charge in [0, 0.05) is 0 Å². The summed E-state index contributed by atoms with van der Waals surface area (Å²) in [6, 6.07) is 15.5. The summed E-state index contributed by atoms with van der Waals surface area (Å²) in [4.78, 5) is 24.9. The molecule has 140 valence electrons. The van der Waals surface area contributed by atoms with Crippen LogP contribution in [0.1, 0.15) is 31.0 Å². The second-order valence-electron chi connectivity index (χ2n) is 6.42. The summed E-state index contributed by atoms with van der Waals surface area (Å²) < 4.78 is 10.7. The number of ether oxygens (including phenoxy) is 2. The van der Waals surface area contributed by atoms with Gasteiger partial charge in [0.1, 0.15) is 5.75 Å². The van der Waals surface area contributed by atoms with Gasteiger partial charge < -0.3 is 20.1 Å². The molecule has 1 heterocycles. The van der Waals surface area contributed by atoms with E-state index in [1.165, 1.54) is 7.11 Å². The predicted octanol–water partition coefficient (Wildman–Crippen LogP) is 3.41. The molecule has 1 aliphatic heterocycles. The number of carbonyl (C=O) groups excluding carboxylic acids is 2. The summed E-state index contributed by atoms with van der Waals surface area (Å²) in [5, 5.41) is 5.56. The number of urea groups is 1.